The van der Waals surface area contributed by atoms with Gasteiger partial charge in [-0.25, -0.2) is 9.67 Å². The molecule has 0 aliphatic carbocycles. The Labute approximate surface area is 99.4 Å². The van der Waals surface area contributed by atoms with E-state index in [0.717, 1.165) is 4.47 Å². The van der Waals surface area contributed by atoms with Crippen molar-refractivity contribution >= 4 is 27.8 Å². The van der Waals surface area contributed by atoms with Crippen molar-refractivity contribution in [3.63, 3.8) is 0 Å². The summed E-state index contributed by atoms with van der Waals surface area (Å²) < 4.78 is 2.21. The fourth-order valence-electron chi connectivity index (χ4n) is 1.29. The lowest BCUT2D eigenvalue weighted by atomic mass is 10.2. The molecule has 2 aromatic rings. The van der Waals surface area contributed by atoms with Crippen LogP contribution >= 0.6 is 15.9 Å². The van der Waals surface area contributed by atoms with Crippen LogP contribution in [0.2, 0.25) is 0 Å². The van der Waals surface area contributed by atoms with Crippen LogP contribution in [0.3, 0.4) is 0 Å². The van der Waals surface area contributed by atoms with Crippen molar-refractivity contribution in [2.45, 2.75) is 0 Å². The Morgan fingerprint density at radius 3 is 2.75 bits per heavy atom. The van der Waals surface area contributed by atoms with Crippen molar-refractivity contribution in [2.24, 2.45) is 5.73 Å². The molecule has 0 spiro atoms. The largest absolute Gasteiger partial charge is 0.366 e. The van der Waals surface area contributed by atoms with Gasteiger partial charge in [0.2, 0.25) is 5.95 Å². The van der Waals surface area contributed by atoms with Gasteiger partial charge in [-0.3, -0.25) is 4.79 Å². The maximum absolute atomic E-state index is 11.2. The molecule has 0 saturated carbocycles. The van der Waals surface area contributed by atoms with Crippen molar-refractivity contribution in [1.29, 1.82) is 0 Å². The third-order valence-electron chi connectivity index (χ3n) is 1.98. The molecule has 16 heavy (non-hydrogen) atoms. The molecule has 1 heterocycles. The summed E-state index contributed by atoms with van der Waals surface area (Å²) in [4.78, 5) is 15.0. The Kier molecular flexibility index (Phi) is 2.61. The molecule has 0 fully saturated rings. The van der Waals surface area contributed by atoms with Gasteiger partial charge in [-0.2, -0.15) is 0 Å². The first-order valence-corrected chi connectivity index (χ1v) is 5.14. The molecular weight excluding hydrogens is 274 g/mol. The normalized spacial score (nSPS) is 10.3. The third-order valence-corrected chi connectivity index (χ3v) is 2.47. The highest BCUT2D eigenvalue weighted by Gasteiger charge is 2.11. The number of nitrogen functional groups attached to an aromatic ring is 1. The number of rotatable bonds is 2. The predicted molar refractivity (Wildman–Crippen MR) is 62.0 cm³/mol. The van der Waals surface area contributed by atoms with E-state index in [1.54, 1.807) is 18.2 Å². The lowest BCUT2D eigenvalue weighted by Gasteiger charge is -2.06. The molecule has 0 unspecified atom stereocenters. The average Bonchev–Trinajstić information content (AvgIpc) is 2.64. The summed E-state index contributed by atoms with van der Waals surface area (Å²) >= 11 is 3.30. The number of hydrogen-bond donors (Lipinski definition) is 2. The quantitative estimate of drug-likeness (QED) is 0.847. The van der Waals surface area contributed by atoms with Crippen LogP contribution in [0.25, 0.3) is 5.69 Å². The minimum Gasteiger partial charge on any atom is -0.366 e. The molecule has 0 aliphatic heterocycles. The van der Waals surface area contributed by atoms with Gasteiger partial charge in [0.1, 0.15) is 6.33 Å². The fraction of sp³-hybridized carbons (Fsp3) is 0. The third kappa shape index (κ3) is 1.89. The Hall–Kier alpha value is -1.89. The van der Waals surface area contributed by atoms with Gasteiger partial charge < -0.3 is 11.5 Å². The summed E-state index contributed by atoms with van der Waals surface area (Å²) in [6, 6.07) is 5.05. The maximum atomic E-state index is 11.2. The number of amides is 1. The van der Waals surface area contributed by atoms with Gasteiger partial charge in [0.15, 0.2) is 0 Å². The van der Waals surface area contributed by atoms with Crippen molar-refractivity contribution < 1.29 is 4.79 Å². The first-order chi connectivity index (χ1) is 7.58. The monoisotopic (exact) mass is 281 g/mol. The van der Waals surface area contributed by atoms with Crippen LogP contribution < -0.4 is 11.5 Å². The second kappa shape index (κ2) is 3.93. The summed E-state index contributed by atoms with van der Waals surface area (Å²) in [6.07, 6.45) is 1.42. The van der Waals surface area contributed by atoms with E-state index >= 15 is 0 Å². The summed E-state index contributed by atoms with van der Waals surface area (Å²) in [6.45, 7) is 0. The number of nitrogens with two attached hydrogens (primary N) is 2. The minimum absolute atomic E-state index is 0.135. The molecule has 0 atom stereocenters. The number of primary amides is 1. The zero-order chi connectivity index (χ0) is 11.7. The highest BCUT2D eigenvalue weighted by Crippen LogP contribution is 2.19. The van der Waals surface area contributed by atoms with Gasteiger partial charge in [0.25, 0.3) is 5.91 Å². The summed E-state index contributed by atoms with van der Waals surface area (Å²) in [5.74, 6) is -0.396. The first kappa shape index (κ1) is 10.6. The maximum Gasteiger partial charge on any atom is 0.250 e. The second-order valence-electron chi connectivity index (χ2n) is 3.07. The predicted octanol–water partition coefficient (Wildman–Crippen LogP) is 0.711. The van der Waals surface area contributed by atoms with Crippen LogP contribution in [-0.4, -0.2) is 20.7 Å². The van der Waals surface area contributed by atoms with Crippen molar-refractivity contribution in [3.8, 4) is 5.69 Å². The molecule has 1 aromatic carbocycles. The molecule has 0 bridgehead atoms. The Bertz CT molecular complexity index is 551. The first-order valence-electron chi connectivity index (χ1n) is 4.35. The fourth-order valence-corrected chi connectivity index (χ4v) is 1.64. The SMILES string of the molecule is NC(=O)c1ccc(Br)cc1-n1cnc(N)n1. The van der Waals surface area contributed by atoms with Gasteiger partial charge in [0.05, 0.1) is 11.3 Å². The standard InChI is InChI=1S/C9H8BrN5O/c10-5-1-2-6(8(11)16)7(3-5)15-4-13-9(12)14-15/h1-4H,(H2,11,16)(H2,12,14). The number of aromatic nitrogens is 3. The summed E-state index contributed by atoms with van der Waals surface area (Å²) in [5, 5.41) is 3.92. The molecule has 0 radical (unpaired) electrons. The molecule has 1 aromatic heterocycles. The number of hydrogen-bond acceptors (Lipinski definition) is 4. The number of halogens is 1. The molecular formula is C9H8BrN5O. The van der Waals surface area contributed by atoms with Crippen LogP contribution in [0.4, 0.5) is 5.95 Å². The molecule has 0 saturated heterocycles. The number of carbonyl (C=O) groups excluding carboxylic acids is 1. The second-order valence-corrected chi connectivity index (χ2v) is 3.99. The number of anilines is 1. The zero-order valence-corrected chi connectivity index (χ0v) is 9.68. The van der Waals surface area contributed by atoms with Gasteiger partial charge >= 0.3 is 0 Å². The van der Waals surface area contributed by atoms with Crippen LogP contribution in [-0.2, 0) is 0 Å². The topological polar surface area (TPSA) is 99.8 Å². The molecule has 82 valence electrons. The smallest absolute Gasteiger partial charge is 0.250 e. The average molecular weight is 282 g/mol. The van der Waals surface area contributed by atoms with E-state index in [1.165, 1.54) is 11.0 Å². The molecule has 1 amide bonds. The highest BCUT2D eigenvalue weighted by atomic mass is 79.9. The van der Waals surface area contributed by atoms with Gasteiger partial charge in [-0.05, 0) is 18.2 Å². The molecule has 2 rings (SSSR count). The van der Waals surface area contributed by atoms with Crippen LogP contribution in [0.5, 0.6) is 0 Å². The molecule has 4 N–H and O–H groups in total. The number of benzene rings is 1. The Morgan fingerprint density at radius 1 is 1.44 bits per heavy atom. The van der Waals surface area contributed by atoms with E-state index < -0.39 is 5.91 Å². The van der Waals surface area contributed by atoms with Crippen molar-refractivity contribution in [3.05, 3.63) is 34.6 Å². The van der Waals surface area contributed by atoms with E-state index in [-0.39, 0.29) is 5.95 Å². The minimum atomic E-state index is -0.531. The summed E-state index contributed by atoms with van der Waals surface area (Å²) in [5.41, 5.74) is 11.6. The van der Waals surface area contributed by atoms with E-state index in [2.05, 4.69) is 26.0 Å². The number of nitrogens with zero attached hydrogens (tertiary/aromatic N) is 3. The molecule has 6 nitrogen and oxygen atoms in total. The Balaban J connectivity index is 2.62. The summed E-state index contributed by atoms with van der Waals surface area (Å²) in [7, 11) is 0. The molecule has 0 aliphatic rings. The zero-order valence-electron chi connectivity index (χ0n) is 8.09. The Morgan fingerprint density at radius 2 is 2.19 bits per heavy atom. The van der Waals surface area contributed by atoms with Crippen molar-refractivity contribution in [1.82, 2.24) is 14.8 Å². The van der Waals surface area contributed by atoms with Gasteiger partial charge in [-0.1, -0.05) is 15.9 Å². The lowest BCUT2D eigenvalue weighted by Crippen LogP contribution is -2.15. The molecule has 7 heteroatoms. The lowest BCUT2D eigenvalue weighted by molar-refractivity contribution is 0.1000. The van der Waals surface area contributed by atoms with E-state index in [0.29, 0.717) is 11.3 Å². The van der Waals surface area contributed by atoms with Gasteiger partial charge in [0, 0.05) is 4.47 Å². The number of carbonyl (C=O) groups is 1. The van der Waals surface area contributed by atoms with E-state index in [9.17, 15) is 4.79 Å². The van der Waals surface area contributed by atoms with Crippen LogP contribution in [0.15, 0.2) is 29.0 Å². The highest BCUT2D eigenvalue weighted by molar-refractivity contribution is 9.10. The van der Waals surface area contributed by atoms with E-state index in [1.807, 2.05) is 0 Å². The van der Waals surface area contributed by atoms with E-state index in [4.69, 9.17) is 11.5 Å². The van der Waals surface area contributed by atoms with Crippen LogP contribution in [0, 0.1) is 0 Å². The van der Waals surface area contributed by atoms with Crippen molar-refractivity contribution in [2.75, 3.05) is 5.73 Å². The van der Waals surface area contributed by atoms with Crippen LogP contribution in [0.1, 0.15) is 10.4 Å². The van der Waals surface area contributed by atoms with Gasteiger partial charge in [-0.15, -0.1) is 5.10 Å².